The van der Waals surface area contributed by atoms with E-state index in [-0.39, 0.29) is 0 Å². The normalized spacial score (nSPS) is 13.2. The van der Waals surface area contributed by atoms with Gasteiger partial charge in [-0.05, 0) is 11.8 Å². The maximum Gasteiger partial charge on any atom is 0.00276 e. The Morgan fingerprint density at radius 1 is 1.25 bits per heavy atom. The molecular formula is C11H15N. The van der Waals surface area contributed by atoms with Crippen LogP contribution in [0, 0.1) is 0 Å². The lowest BCUT2D eigenvalue weighted by molar-refractivity contribution is 0.945. The van der Waals surface area contributed by atoms with Gasteiger partial charge in [-0.25, -0.2) is 0 Å². The van der Waals surface area contributed by atoms with Crippen LogP contribution in [0.2, 0.25) is 0 Å². The van der Waals surface area contributed by atoms with Crippen LogP contribution >= 0.6 is 0 Å². The first kappa shape index (κ1) is 8.85. The van der Waals surface area contributed by atoms with Crippen LogP contribution in [0.3, 0.4) is 0 Å². The third-order valence-electron chi connectivity index (χ3n) is 1.88. The lowest BCUT2D eigenvalue weighted by Crippen LogP contribution is -1.94. The third kappa shape index (κ3) is 2.42. The monoisotopic (exact) mass is 161 g/mol. The number of allylic oxidation sites excluding steroid dienone is 1. The molecule has 1 aromatic carbocycles. The molecule has 1 unspecified atom stereocenters. The summed E-state index contributed by atoms with van der Waals surface area (Å²) in [5, 5.41) is 2.99. The molecule has 0 bridgehead atoms. The van der Waals surface area contributed by atoms with Crippen LogP contribution in [0.4, 0.5) is 0 Å². The fourth-order valence-electron chi connectivity index (χ4n) is 1.11. The van der Waals surface area contributed by atoms with E-state index in [2.05, 4.69) is 42.6 Å². The SMILES string of the molecule is CNC=CC(C)c1ccccc1. The maximum atomic E-state index is 2.99. The topological polar surface area (TPSA) is 12.0 Å². The largest absolute Gasteiger partial charge is 0.394 e. The van der Waals surface area contributed by atoms with Crippen molar-refractivity contribution in [1.82, 2.24) is 5.32 Å². The molecule has 1 atom stereocenters. The van der Waals surface area contributed by atoms with Gasteiger partial charge in [0.05, 0.1) is 0 Å². The maximum absolute atomic E-state index is 2.99. The second-order valence-corrected chi connectivity index (χ2v) is 2.85. The zero-order valence-corrected chi connectivity index (χ0v) is 7.62. The number of rotatable bonds is 3. The molecule has 0 radical (unpaired) electrons. The number of hydrogen-bond acceptors (Lipinski definition) is 1. The van der Waals surface area contributed by atoms with E-state index >= 15 is 0 Å². The first-order valence-corrected chi connectivity index (χ1v) is 4.23. The minimum absolute atomic E-state index is 0.485. The zero-order valence-electron chi connectivity index (χ0n) is 7.62. The number of hydrogen-bond donors (Lipinski definition) is 1. The Bertz CT molecular complexity index is 238. The summed E-state index contributed by atoms with van der Waals surface area (Å²) >= 11 is 0. The molecule has 1 N–H and O–H groups in total. The van der Waals surface area contributed by atoms with Crippen LogP contribution < -0.4 is 5.32 Å². The fourth-order valence-corrected chi connectivity index (χ4v) is 1.11. The predicted molar refractivity (Wildman–Crippen MR) is 53.1 cm³/mol. The van der Waals surface area contributed by atoms with E-state index in [0.717, 1.165) is 0 Å². The highest BCUT2D eigenvalue weighted by molar-refractivity contribution is 5.22. The summed E-state index contributed by atoms with van der Waals surface area (Å²) < 4.78 is 0. The Morgan fingerprint density at radius 3 is 2.50 bits per heavy atom. The molecule has 0 aliphatic heterocycles. The molecule has 0 aliphatic rings. The molecule has 64 valence electrons. The van der Waals surface area contributed by atoms with Crippen molar-refractivity contribution in [3.63, 3.8) is 0 Å². The van der Waals surface area contributed by atoms with Gasteiger partial charge in [0.25, 0.3) is 0 Å². The van der Waals surface area contributed by atoms with Crippen molar-refractivity contribution in [3.8, 4) is 0 Å². The fraction of sp³-hybridized carbons (Fsp3) is 0.273. The van der Waals surface area contributed by atoms with E-state index in [4.69, 9.17) is 0 Å². The summed E-state index contributed by atoms with van der Waals surface area (Å²) in [7, 11) is 1.91. The smallest absolute Gasteiger partial charge is 0.00276 e. The third-order valence-corrected chi connectivity index (χ3v) is 1.88. The molecule has 0 heterocycles. The molecule has 1 heteroatoms. The molecule has 0 amide bonds. The highest BCUT2D eigenvalue weighted by atomic mass is 14.8. The molecule has 0 saturated heterocycles. The predicted octanol–water partition coefficient (Wildman–Crippen LogP) is 2.52. The zero-order chi connectivity index (χ0) is 8.81. The van der Waals surface area contributed by atoms with Gasteiger partial charge in [0.15, 0.2) is 0 Å². The summed E-state index contributed by atoms with van der Waals surface area (Å²) in [5.41, 5.74) is 1.35. The minimum atomic E-state index is 0.485. The average Bonchev–Trinajstić information content (AvgIpc) is 2.15. The molecule has 1 aromatic rings. The molecule has 0 aromatic heterocycles. The van der Waals surface area contributed by atoms with Gasteiger partial charge in [-0.1, -0.05) is 43.3 Å². The van der Waals surface area contributed by atoms with Crippen LogP contribution in [0.1, 0.15) is 18.4 Å². The molecule has 1 rings (SSSR count). The van der Waals surface area contributed by atoms with Gasteiger partial charge < -0.3 is 5.32 Å². The second kappa shape index (κ2) is 4.60. The minimum Gasteiger partial charge on any atom is -0.394 e. The quantitative estimate of drug-likeness (QED) is 0.718. The number of benzene rings is 1. The lowest BCUT2D eigenvalue weighted by Gasteiger charge is -2.05. The van der Waals surface area contributed by atoms with Crippen LogP contribution in [0.25, 0.3) is 0 Å². The van der Waals surface area contributed by atoms with E-state index in [1.54, 1.807) is 0 Å². The standard InChI is InChI=1S/C11H15N/c1-10(8-9-12-2)11-6-4-3-5-7-11/h3-10,12H,1-2H3. The van der Waals surface area contributed by atoms with Crippen molar-refractivity contribution in [3.05, 3.63) is 48.2 Å². The van der Waals surface area contributed by atoms with Crippen LogP contribution in [-0.4, -0.2) is 7.05 Å². The van der Waals surface area contributed by atoms with E-state index in [0.29, 0.717) is 5.92 Å². The average molecular weight is 161 g/mol. The highest BCUT2D eigenvalue weighted by Gasteiger charge is 1.97. The van der Waals surface area contributed by atoms with Crippen LogP contribution in [-0.2, 0) is 0 Å². The molecular weight excluding hydrogens is 146 g/mol. The van der Waals surface area contributed by atoms with E-state index in [1.165, 1.54) is 5.56 Å². The molecule has 12 heavy (non-hydrogen) atoms. The van der Waals surface area contributed by atoms with Gasteiger partial charge in [-0.2, -0.15) is 0 Å². The van der Waals surface area contributed by atoms with Crippen LogP contribution in [0.15, 0.2) is 42.6 Å². The summed E-state index contributed by atoms with van der Waals surface area (Å²) in [5.74, 6) is 0.485. The Kier molecular flexibility index (Phi) is 3.39. The van der Waals surface area contributed by atoms with Gasteiger partial charge in [0.1, 0.15) is 0 Å². The summed E-state index contributed by atoms with van der Waals surface area (Å²) in [6.45, 7) is 2.18. The van der Waals surface area contributed by atoms with Gasteiger partial charge in [0.2, 0.25) is 0 Å². The van der Waals surface area contributed by atoms with E-state index in [1.807, 2.05) is 19.3 Å². The van der Waals surface area contributed by atoms with Gasteiger partial charge in [0, 0.05) is 13.0 Å². The summed E-state index contributed by atoms with van der Waals surface area (Å²) in [6.07, 6.45) is 4.12. The Morgan fingerprint density at radius 2 is 1.92 bits per heavy atom. The number of nitrogens with one attached hydrogen (secondary N) is 1. The Labute approximate surface area is 74.1 Å². The van der Waals surface area contributed by atoms with Gasteiger partial charge in [-0.15, -0.1) is 0 Å². The molecule has 0 saturated carbocycles. The molecule has 0 aliphatic carbocycles. The lowest BCUT2D eigenvalue weighted by atomic mass is 10.0. The van der Waals surface area contributed by atoms with Crippen molar-refractivity contribution < 1.29 is 0 Å². The van der Waals surface area contributed by atoms with E-state index < -0.39 is 0 Å². The Balaban J connectivity index is 2.65. The summed E-state index contributed by atoms with van der Waals surface area (Å²) in [4.78, 5) is 0. The second-order valence-electron chi connectivity index (χ2n) is 2.85. The van der Waals surface area contributed by atoms with Crippen molar-refractivity contribution in [2.24, 2.45) is 0 Å². The van der Waals surface area contributed by atoms with Crippen molar-refractivity contribution in [2.45, 2.75) is 12.8 Å². The van der Waals surface area contributed by atoms with E-state index in [9.17, 15) is 0 Å². The van der Waals surface area contributed by atoms with Crippen LogP contribution in [0.5, 0.6) is 0 Å². The van der Waals surface area contributed by atoms with Gasteiger partial charge >= 0.3 is 0 Å². The van der Waals surface area contributed by atoms with Crippen molar-refractivity contribution in [1.29, 1.82) is 0 Å². The molecule has 0 spiro atoms. The van der Waals surface area contributed by atoms with Gasteiger partial charge in [-0.3, -0.25) is 0 Å². The van der Waals surface area contributed by atoms with Crippen molar-refractivity contribution in [2.75, 3.05) is 7.05 Å². The first-order chi connectivity index (χ1) is 5.84. The first-order valence-electron chi connectivity index (χ1n) is 4.23. The Hall–Kier alpha value is -1.24. The molecule has 0 fully saturated rings. The van der Waals surface area contributed by atoms with Crippen molar-refractivity contribution >= 4 is 0 Å². The highest BCUT2D eigenvalue weighted by Crippen LogP contribution is 2.14. The molecule has 1 nitrogen and oxygen atoms in total. The summed E-state index contributed by atoms with van der Waals surface area (Å²) in [6, 6.07) is 10.5.